The molecule has 0 bridgehead atoms. The molecule has 1 N–H and O–H groups in total. The van der Waals surface area contributed by atoms with Gasteiger partial charge in [-0.25, -0.2) is 4.98 Å². The first-order valence-corrected chi connectivity index (χ1v) is 10.4. The Morgan fingerprint density at radius 1 is 1.11 bits per heavy atom. The molecule has 0 amide bonds. The number of aromatic nitrogens is 2. The minimum absolute atomic E-state index is 0.0860. The smallest absolute Gasteiger partial charge is 0.142 e. The molecule has 6 heteroatoms. The van der Waals surface area contributed by atoms with Gasteiger partial charge in [-0.2, -0.15) is 0 Å². The molecule has 1 aliphatic heterocycles. The molecular formula is C21H22ClN3OS. The second-order valence-electron chi connectivity index (χ2n) is 6.86. The van der Waals surface area contributed by atoms with Gasteiger partial charge < -0.3 is 10.1 Å². The van der Waals surface area contributed by atoms with E-state index in [-0.39, 0.29) is 5.41 Å². The average Bonchev–Trinajstić information content (AvgIpc) is 3.19. The highest BCUT2D eigenvalue weighted by Crippen LogP contribution is 2.35. The van der Waals surface area contributed by atoms with Crippen LogP contribution in [0.3, 0.4) is 0 Å². The van der Waals surface area contributed by atoms with Crippen LogP contribution in [-0.2, 0) is 16.7 Å². The van der Waals surface area contributed by atoms with Gasteiger partial charge in [0, 0.05) is 48.3 Å². The number of hydrogen-bond acceptors (Lipinski definition) is 5. The fraction of sp³-hybridized carbons (Fsp3) is 0.333. The van der Waals surface area contributed by atoms with Crippen LogP contribution in [0.2, 0.25) is 5.02 Å². The number of pyridine rings is 1. The van der Waals surface area contributed by atoms with Crippen LogP contribution in [0.4, 0.5) is 0 Å². The van der Waals surface area contributed by atoms with E-state index in [1.54, 1.807) is 17.5 Å². The molecule has 0 radical (unpaired) electrons. The number of halogens is 1. The quantitative estimate of drug-likeness (QED) is 0.652. The monoisotopic (exact) mass is 399 g/mol. The highest BCUT2D eigenvalue weighted by molar-refractivity contribution is 7.13. The third-order valence-electron chi connectivity index (χ3n) is 5.11. The molecule has 3 aromatic rings. The molecule has 0 spiro atoms. The molecular weight excluding hydrogens is 378 g/mol. The van der Waals surface area contributed by atoms with Crippen LogP contribution in [0, 0.1) is 0 Å². The van der Waals surface area contributed by atoms with Crippen molar-refractivity contribution in [1.82, 2.24) is 15.3 Å². The van der Waals surface area contributed by atoms with Crippen molar-refractivity contribution in [1.29, 1.82) is 0 Å². The van der Waals surface area contributed by atoms with Gasteiger partial charge in [0.1, 0.15) is 5.01 Å². The molecule has 2 aromatic heterocycles. The van der Waals surface area contributed by atoms with Crippen LogP contribution in [0.5, 0.6) is 0 Å². The van der Waals surface area contributed by atoms with Crippen LogP contribution in [0.15, 0.2) is 54.0 Å². The highest BCUT2D eigenvalue weighted by Gasteiger charge is 2.34. The SMILES string of the molecule is Clc1ccc(C2(CNCc3csc(-c4ccccn4)n3)CCOCC2)cc1. The first-order valence-electron chi connectivity index (χ1n) is 9.16. The maximum absolute atomic E-state index is 6.08. The summed E-state index contributed by atoms with van der Waals surface area (Å²) in [6.07, 6.45) is 3.82. The van der Waals surface area contributed by atoms with E-state index in [2.05, 4.69) is 27.8 Å². The summed E-state index contributed by atoms with van der Waals surface area (Å²) in [6, 6.07) is 14.2. The van der Waals surface area contributed by atoms with Gasteiger partial charge in [0.2, 0.25) is 0 Å². The molecule has 140 valence electrons. The van der Waals surface area contributed by atoms with Gasteiger partial charge in [0.05, 0.1) is 11.4 Å². The number of nitrogens with zero attached hydrogens (tertiary/aromatic N) is 2. The maximum Gasteiger partial charge on any atom is 0.142 e. The zero-order valence-corrected chi connectivity index (χ0v) is 16.6. The van der Waals surface area contributed by atoms with Crippen LogP contribution < -0.4 is 5.32 Å². The Kier molecular flexibility index (Phi) is 5.83. The van der Waals surface area contributed by atoms with E-state index >= 15 is 0 Å². The van der Waals surface area contributed by atoms with Crippen molar-refractivity contribution in [2.45, 2.75) is 24.8 Å². The summed E-state index contributed by atoms with van der Waals surface area (Å²) < 4.78 is 5.62. The Bertz CT molecular complexity index is 861. The lowest BCUT2D eigenvalue weighted by atomic mass is 9.74. The Hall–Kier alpha value is -1.79. The van der Waals surface area contributed by atoms with Crippen molar-refractivity contribution in [3.8, 4) is 10.7 Å². The number of ether oxygens (including phenoxy) is 1. The number of nitrogens with one attached hydrogen (secondary N) is 1. The Labute approximate surface area is 168 Å². The molecule has 1 aliphatic rings. The molecule has 0 atom stereocenters. The minimum Gasteiger partial charge on any atom is -0.381 e. The summed E-state index contributed by atoms with van der Waals surface area (Å²) in [7, 11) is 0. The Morgan fingerprint density at radius 2 is 1.93 bits per heavy atom. The fourth-order valence-corrected chi connectivity index (χ4v) is 4.48. The molecule has 0 saturated carbocycles. The lowest BCUT2D eigenvalue weighted by molar-refractivity contribution is 0.0497. The summed E-state index contributed by atoms with van der Waals surface area (Å²) in [4.78, 5) is 9.10. The van der Waals surface area contributed by atoms with Gasteiger partial charge in [-0.05, 0) is 42.7 Å². The van der Waals surface area contributed by atoms with E-state index in [9.17, 15) is 0 Å². The number of benzene rings is 1. The number of thiazole rings is 1. The minimum atomic E-state index is 0.0860. The average molecular weight is 400 g/mol. The van der Waals surface area contributed by atoms with E-state index < -0.39 is 0 Å². The highest BCUT2D eigenvalue weighted by atomic mass is 35.5. The molecule has 1 saturated heterocycles. The van der Waals surface area contributed by atoms with E-state index in [0.29, 0.717) is 0 Å². The predicted molar refractivity (Wildman–Crippen MR) is 110 cm³/mol. The van der Waals surface area contributed by atoms with Gasteiger partial charge in [-0.1, -0.05) is 29.8 Å². The first-order chi connectivity index (χ1) is 13.3. The number of hydrogen-bond donors (Lipinski definition) is 1. The fourth-order valence-electron chi connectivity index (χ4n) is 3.56. The van der Waals surface area contributed by atoms with Crippen molar-refractivity contribution in [2.75, 3.05) is 19.8 Å². The summed E-state index contributed by atoms with van der Waals surface area (Å²) in [5.41, 5.74) is 3.40. The molecule has 0 unspecified atom stereocenters. The summed E-state index contributed by atoms with van der Waals surface area (Å²) in [6.45, 7) is 3.24. The maximum atomic E-state index is 6.08. The van der Waals surface area contributed by atoms with Gasteiger partial charge >= 0.3 is 0 Å². The van der Waals surface area contributed by atoms with Crippen molar-refractivity contribution in [3.05, 3.63) is 70.3 Å². The van der Waals surface area contributed by atoms with Crippen molar-refractivity contribution in [2.24, 2.45) is 0 Å². The molecule has 3 heterocycles. The first kappa shape index (κ1) is 18.6. The van der Waals surface area contributed by atoms with E-state index in [1.165, 1.54) is 5.56 Å². The van der Waals surface area contributed by atoms with Gasteiger partial charge in [-0.15, -0.1) is 11.3 Å². The van der Waals surface area contributed by atoms with Crippen molar-refractivity contribution >= 4 is 22.9 Å². The molecule has 27 heavy (non-hydrogen) atoms. The summed E-state index contributed by atoms with van der Waals surface area (Å²) in [5.74, 6) is 0. The van der Waals surface area contributed by atoms with Crippen molar-refractivity contribution in [3.63, 3.8) is 0 Å². The third kappa shape index (κ3) is 4.38. The molecule has 0 aliphatic carbocycles. The lowest BCUT2D eigenvalue weighted by Crippen LogP contribution is -2.42. The lowest BCUT2D eigenvalue weighted by Gasteiger charge is -2.38. The predicted octanol–water partition coefficient (Wildman–Crippen LogP) is 4.70. The van der Waals surface area contributed by atoms with Gasteiger partial charge in [0.15, 0.2) is 0 Å². The van der Waals surface area contributed by atoms with Gasteiger partial charge in [-0.3, -0.25) is 4.98 Å². The van der Waals surface area contributed by atoms with Gasteiger partial charge in [0.25, 0.3) is 0 Å². The van der Waals surface area contributed by atoms with Crippen LogP contribution >= 0.6 is 22.9 Å². The molecule has 4 nitrogen and oxygen atoms in total. The molecule has 4 rings (SSSR count). The van der Waals surface area contributed by atoms with E-state index in [4.69, 9.17) is 21.3 Å². The zero-order valence-electron chi connectivity index (χ0n) is 15.0. The summed E-state index contributed by atoms with van der Waals surface area (Å²) >= 11 is 7.72. The molecule has 1 aromatic carbocycles. The Morgan fingerprint density at radius 3 is 2.67 bits per heavy atom. The van der Waals surface area contributed by atoms with Crippen molar-refractivity contribution < 1.29 is 4.74 Å². The zero-order chi connectivity index (χ0) is 18.5. The topological polar surface area (TPSA) is 47.0 Å². The second kappa shape index (κ2) is 8.48. The second-order valence-corrected chi connectivity index (χ2v) is 8.16. The van der Waals surface area contributed by atoms with Crippen LogP contribution in [-0.4, -0.2) is 29.7 Å². The summed E-state index contributed by atoms with van der Waals surface area (Å²) in [5, 5.41) is 7.47. The van der Waals surface area contributed by atoms with E-state index in [0.717, 1.165) is 60.6 Å². The number of rotatable bonds is 6. The molecule has 1 fully saturated rings. The normalized spacial score (nSPS) is 16.3. The largest absolute Gasteiger partial charge is 0.381 e. The van der Waals surface area contributed by atoms with Crippen LogP contribution in [0.1, 0.15) is 24.1 Å². The Balaban J connectivity index is 1.43. The van der Waals surface area contributed by atoms with Crippen LogP contribution in [0.25, 0.3) is 10.7 Å². The standard InChI is InChI=1S/C21H22ClN3OS/c22-17-6-4-16(5-7-17)21(8-11-26-12-9-21)15-23-13-18-14-27-20(25-18)19-3-1-2-10-24-19/h1-7,10,14,23H,8-9,11-13,15H2. The third-order valence-corrected chi connectivity index (χ3v) is 6.28. The van der Waals surface area contributed by atoms with E-state index in [1.807, 2.05) is 30.3 Å².